The summed E-state index contributed by atoms with van der Waals surface area (Å²) in [6, 6.07) is 18.4. The highest BCUT2D eigenvalue weighted by molar-refractivity contribution is 5.95. The molecule has 0 spiro atoms. The molecule has 132 valence electrons. The first kappa shape index (κ1) is 17.7. The zero-order chi connectivity index (χ0) is 17.3. The monoisotopic (exact) mass is 336 g/mol. The zero-order valence-corrected chi connectivity index (χ0v) is 14.9. The van der Waals surface area contributed by atoms with Gasteiger partial charge in [-0.2, -0.15) is 0 Å². The molecule has 0 saturated carbocycles. The number of carbonyl (C=O) groups is 1. The van der Waals surface area contributed by atoms with Crippen molar-refractivity contribution in [1.29, 1.82) is 0 Å². The molecule has 2 aromatic carbocycles. The van der Waals surface area contributed by atoms with Gasteiger partial charge < -0.3 is 10.2 Å². The van der Waals surface area contributed by atoms with Crippen LogP contribution in [0, 0.1) is 0 Å². The summed E-state index contributed by atoms with van der Waals surface area (Å²) in [6.45, 7) is 4.02. The molecule has 2 aromatic rings. The number of benzene rings is 2. The molecule has 0 atom stereocenters. The van der Waals surface area contributed by atoms with Gasteiger partial charge in [0, 0.05) is 18.7 Å². The molecule has 1 heterocycles. The molecule has 25 heavy (non-hydrogen) atoms. The summed E-state index contributed by atoms with van der Waals surface area (Å²) in [4.78, 5) is 15.0. The minimum atomic E-state index is 0.0562. The molecule has 3 rings (SSSR count). The van der Waals surface area contributed by atoms with E-state index in [2.05, 4.69) is 40.5 Å². The van der Waals surface area contributed by atoms with Gasteiger partial charge in [0.05, 0.1) is 0 Å². The first-order chi connectivity index (χ1) is 12.3. The van der Waals surface area contributed by atoms with Crippen LogP contribution in [0.4, 0.5) is 0 Å². The van der Waals surface area contributed by atoms with E-state index in [0.29, 0.717) is 0 Å². The summed E-state index contributed by atoms with van der Waals surface area (Å²) >= 11 is 0. The van der Waals surface area contributed by atoms with Gasteiger partial charge in [-0.1, -0.05) is 55.0 Å². The molecule has 0 aromatic heterocycles. The maximum atomic E-state index is 12.6. The number of hydrogen-bond donors (Lipinski definition) is 1. The number of nitrogens with zero attached hydrogens (tertiary/aromatic N) is 1. The van der Waals surface area contributed by atoms with E-state index in [1.165, 1.54) is 37.9 Å². The number of nitrogens with one attached hydrogen (secondary N) is 1. The Balaban J connectivity index is 1.53. The van der Waals surface area contributed by atoms with Crippen molar-refractivity contribution in [3.05, 3.63) is 71.3 Å². The van der Waals surface area contributed by atoms with Crippen LogP contribution >= 0.6 is 0 Å². The molecule has 3 nitrogen and oxygen atoms in total. The first-order valence-corrected chi connectivity index (χ1v) is 9.45. The normalized spacial score (nSPS) is 15.0. The highest BCUT2D eigenvalue weighted by Crippen LogP contribution is 2.13. The van der Waals surface area contributed by atoms with Gasteiger partial charge in [0.15, 0.2) is 0 Å². The van der Waals surface area contributed by atoms with Crippen molar-refractivity contribution in [3.63, 3.8) is 0 Å². The highest BCUT2D eigenvalue weighted by atomic mass is 16.1. The Hall–Kier alpha value is -2.13. The Morgan fingerprint density at radius 3 is 2.40 bits per heavy atom. The van der Waals surface area contributed by atoms with Crippen molar-refractivity contribution in [3.8, 4) is 0 Å². The molecule has 1 aliphatic rings. The van der Waals surface area contributed by atoms with Crippen LogP contribution in [-0.4, -0.2) is 37.0 Å². The van der Waals surface area contributed by atoms with Crippen LogP contribution in [-0.2, 0) is 12.8 Å². The third-order valence-electron chi connectivity index (χ3n) is 4.95. The Morgan fingerprint density at radius 1 is 0.880 bits per heavy atom. The van der Waals surface area contributed by atoms with Crippen molar-refractivity contribution >= 4 is 5.91 Å². The lowest BCUT2D eigenvalue weighted by atomic mass is 9.99. The van der Waals surface area contributed by atoms with Crippen molar-refractivity contribution < 1.29 is 4.79 Å². The van der Waals surface area contributed by atoms with Crippen molar-refractivity contribution in [1.82, 2.24) is 10.2 Å². The number of amides is 1. The molecule has 0 aliphatic carbocycles. The molecule has 1 amide bonds. The minimum Gasteiger partial charge on any atom is -0.351 e. The first-order valence-electron chi connectivity index (χ1n) is 9.45. The largest absolute Gasteiger partial charge is 0.351 e. The Morgan fingerprint density at radius 2 is 1.60 bits per heavy atom. The van der Waals surface area contributed by atoms with Crippen LogP contribution in [0.1, 0.15) is 40.7 Å². The SMILES string of the molecule is O=C(NCCN1CCCCC1)c1ccccc1CCc1ccccc1. The van der Waals surface area contributed by atoms with E-state index in [0.717, 1.165) is 37.1 Å². The van der Waals surface area contributed by atoms with Gasteiger partial charge in [-0.3, -0.25) is 4.79 Å². The van der Waals surface area contributed by atoms with Crippen molar-refractivity contribution in [2.75, 3.05) is 26.2 Å². The minimum absolute atomic E-state index is 0.0562. The van der Waals surface area contributed by atoms with E-state index in [9.17, 15) is 4.79 Å². The van der Waals surface area contributed by atoms with Gasteiger partial charge >= 0.3 is 0 Å². The number of piperidine rings is 1. The fourth-order valence-electron chi connectivity index (χ4n) is 3.49. The lowest BCUT2D eigenvalue weighted by Crippen LogP contribution is -2.37. The summed E-state index contributed by atoms with van der Waals surface area (Å²) in [6.07, 6.45) is 5.77. The van der Waals surface area contributed by atoms with Gasteiger partial charge in [0.1, 0.15) is 0 Å². The predicted octanol–water partition coefficient (Wildman–Crippen LogP) is 3.69. The third kappa shape index (κ3) is 5.43. The smallest absolute Gasteiger partial charge is 0.251 e. The second-order valence-electron chi connectivity index (χ2n) is 6.80. The lowest BCUT2D eigenvalue weighted by molar-refractivity contribution is 0.0945. The summed E-state index contributed by atoms with van der Waals surface area (Å²) in [5.74, 6) is 0.0562. The fraction of sp³-hybridized carbons (Fsp3) is 0.409. The van der Waals surface area contributed by atoms with Crippen LogP contribution in [0.15, 0.2) is 54.6 Å². The number of likely N-dealkylation sites (tertiary alicyclic amines) is 1. The average Bonchev–Trinajstić information content (AvgIpc) is 2.68. The number of hydrogen-bond acceptors (Lipinski definition) is 2. The van der Waals surface area contributed by atoms with Gasteiger partial charge in [0.2, 0.25) is 0 Å². The van der Waals surface area contributed by atoms with E-state index in [4.69, 9.17) is 0 Å². The van der Waals surface area contributed by atoms with E-state index in [-0.39, 0.29) is 5.91 Å². The molecule has 0 bridgehead atoms. The average molecular weight is 336 g/mol. The van der Waals surface area contributed by atoms with E-state index >= 15 is 0 Å². The fourth-order valence-corrected chi connectivity index (χ4v) is 3.49. The van der Waals surface area contributed by atoms with Crippen LogP contribution in [0.3, 0.4) is 0 Å². The standard InChI is InChI=1S/C22H28N2O/c25-22(23-15-18-24-16-7-2-8-17-24)21-12-6-5-11-20(21)14-13-19-9-3-1-4-10-19/h1,3-6,9-12H,2,7-8,13-18H2,(H,23,25). The lowest BCUT2D eigenvalue weighted by Gasteiger charge is -2.26. The predicted molar refractivity (Wildman–Crippen MR) is 103 cm³/mol. The molecule has 1 fully saturated rings. The van der Waals surface area contributed by atoms with Crippen molar-refractivity contribution in [2.24, 2.45) is 0 Å². The van der Waals surface area contributed by atoms with Gasteiger partial charge in [0.25, 0.3) is 5.91 Å². The van der Waals surface area contributed by atoms with Crippen LogP contribution < -0.4 is 5.32 Å². The summed E-state index contributed by atoms with van der Waals surface area (Å²) < 4.78 is 0. The van der Waals surface area contributed by atoms with Gasteiger partial charge in [-0.05, 0) is 56.0 Å². The van der Waals surface area contributed by atoms with Crippen LogP contribution in [0.2, 0.25) is 0 Å². The molecule has 1 saturated heterocycles. The molecule has 1 aliphatic heterocycles. The Labute approximate surface area is 151 Å². The maximum Gasteiger partial charge on any atom is 0.251 e. The van der Waals surface area contributed by atoms with E-state index in [1.807, 2.05) is 24.3 Å². The topological polar surface area (TPSA) is 32.3 Å². The quantitative estimate of drug-likeness (QED) is 0.836. The Kier molecular flexibility index (Phi) is 6.63. The second-order valence-corrected chi connectivity index (χ2v) is 6.80. The van der Waals surface area contributed by atoms with Gasteiger partial charge in [-0.25, -0.2) is 0 Å². The zero-order valence-electron chi connectivity index (χ0n) is 14.9. The van der Waals surface area contributed by atoms with E-state index in [1.54, 1.807) is 0 Å². The third-order valence-corrected chi connectivity index (χ3v) is 4.95. The van der Waals surface area contributed by atoms with Crippen LogP contribution in [0.25, 0.3) is 0 Å². The van der Waals surface area contributed by atoms with Crippen molar-refractivity contribution in [2.45, 2.75) is 32.1 Å². The van der Waals surface area contributed by atoms with Gasteiger partial charge in [-0.15, -0.1) is 0 Å². The second kappa shape index (κ2) is 9.38. The van der Waals surface area contributed by atoms with E-state index < -0.39 is 0 Å². The Bertz CT molecular complexity index is 663. The number of carbonyl (C=O) groups excluding carboxylic acids is 1. The molecular weight excluding hydrogens is 308 g/mol. The summed E-state index contributed by atoms with van der Waals surface area (Å²) in [5, 5.41) is 3.10. The molecule has 1 N–H and O–H groups in total. The highest BCUT2D eigenvalue weighted by Gasteiger charge is 2.13. The molecule has 3 heteroatoms. The maximum absolute atomic E-state index is 12.6. The van der Waals surface area contributed by atoms with Crippen LogP contribution in [0.5, 0.6) is 0 Å². The summed E-state index contributed by atoms with van der Waals surface area (Å²) in [7, 11) is 0. The number of rotatable bonds is 7. The molecule has 0 unspecified atom stereocenters. The molecule has 0 radical (unpaired) electrons. The number of aryl methyl sites for hydroxylation is 2. The molecular formula is C22H28N2O. The summed E-state index contributed by atoms with van der Waals surface area (Å²) in [5.41, 5.74) is 3.25.